The van der Waals surface area contributed by atoms with E-state index in [1.807, 2.05) is 23.1 Å². The lowest BCUT2D eigenvalue weighted by Crippen LogP contribution is -2.47. The molecule has 1 aliphatic heterocycles. The van der Waals surface area contributed by atoms with Gasteiger partial charge in [-0.15, -0.1) is 0 Å². The van der Waals surface area contributed by atoms with Crippen LogP contribution >= 0.6 is 0 Å². The molecule has 0 spiro atoms. The number of rotatable bonds is 3. The van der Waals surface area contributed by atoms with Crippen LogP contribution in [0.3, 0.4) is 0 Å². The topological polar surface area (TPSA) is 69.9 Å². The van der Waals surface area contributed by atoms with Gasteiger partial charge in [-0.05, 0) is 32.0 Å². The first-order chi connectivity index (χ1) is 12.6. The quantitative estimate of drug-likeness (QED) is 0.903. The second-order valence-corrected chi connectivity index (χ2v) is 7.29. The Morgan fingerprint density at radius 3 is 2.58 bits per heavy atom. The highest BCUT2D eigenvalue weighted by molar-refractivity contribution is 6.02. The highest BCUT2D eigenvalue weighted by Crippen LogP contribution is 2.20. The molecule has 3 heterocycles. The maximum atomic E-state index is 13.0. The maximum absolute atomic E-state index is 13.0. The van der Waals surface area contributed by atoms with Crippen molar-refractivity contribution in [2.45, 2.75) is 31.7 Å². The Balaban J connectivity index is 1.63. The van der Waals surface area contributed by atoms with Crippen molar-refractivity contribution in [3.63, 3.8) is 0 Å². The van der Waals surface area contributed by atoms with Crippen LogP contribution in [0.25, 0.3) is 5.52 Å². The molecular weight excluding hydrogens is 330 g/mol. The average Bonchev–Trinajstić information content (AvgIpc) is 3.29. The third-order valence-corrected chi connectivity index (χ3v) is 5.44. The molecule has 0 atom stereocenters. The molecular formula is C19H25N5O2. The van der Waals surface area contributed by atoms with Gasteiger partial charge >= 0.3 is 0 Å². The summed E-state index contributed by atoms with van der Waals surface area (Å²) in [7, 11) is 2.05. The van der Waals surface area contributed by atoms with Gasteiger partial charge in [-0.2, -0.15) is 0 Å². The van der Waals surface area contributed by atoms with E-state index in [1.54, 1.807) is 10.6 Å². The fraction of sp³-hybridized carbons (Fsp3) is 0.526. The number of hydrogen-bond acceptors (Lipinski definition) is 4. The molecule has 0 bridgehead atoms. The normalized spacial score (nSPS) is 19.2. The summed E-state index contributed by atoms with van der Waals surface area (Å²) in [5, 5.41) is 3.08. The van der Waals surface area contributed by atoms with E-state index < -0.39 is 0 Å². The molecule has 2 amide bonds. The number of nitrogens with zero attached hydrogens (tertiary/aromatic N) is 4. The van der Waals surface area contributed by atoms with Gasteiger partial charge in [-0.1, -0.05) is 18.9 Å². The fourth-order valence-electron chi connectivity index (χ4n) is 3.83. The summed E-state index contributed by atoms with van der Waals surface area (Å²) >= 11 is 0. The average molecular weight is 355 g/mol. The lowest BCUT2D eigenvalue weighted by molar-refractivity contribution is 0.0651. The van der Waals surface area contributed by atoms with Gasteiger partial charge in [0.05, 0.1) is 5.52 Å². The van der Waals surface area contributed by atoms with Crippen molar-refractivity contribution in [2.24, 2.45) is 0 Å². The Morgan fingerprint density at radius 1 is 1.12 bits per heavy atom. The largest absolute Gasteiger partial charge is 0.348 e. The Bertz CT molecular complexity index is 816. The Labute approximate surface area is 153 Å². The molecule has 4 rings (SSSR count). The van der Waals surface area contributed by atoms with Crippen molar-refractivity contribution >= 4 is 17.3 Å². The molecule has 7 nitrogen and oxygen atoms in total. The third kappa shape index (κ3) is 3.19. The molecule has 2 fully saturated rings. The predicted molar refractivity (Wildman–Crippen MR) is 98.3 cm³/mol. The summed E-state index contributed by atoms with van der Waals surface area (Å²) in [5.74, 6) is 0.0268. The summed E-state index contributed by atoms with van der Waals surface area (Å²) in [6.07, 6.45) is 6.15. The first kappa shape index (κ1) is 17.0. The summed E-state index contributed by atoms with van der Waals surface area (Å²) in [6.45, 7) is 3.06. The van der Waals surface area contributed by atoms with E-state index in [1.165, 1.54) is 0 Å². The third-order valence-electron chi connectivity index (χ3n) is 5.44. The Morgan fingerprint density at radius 2 is 1.85 bits per heavy atom. The minimum atomic E-state index is -0.182. The van der Waals surface area contributed by atoms with Gasteiger partial charge < -0.3 is 15.1 Å². The van der Waals surface area contributed by atoms with Crippen LogP contribution in [0.15, 0.2) is 24.4 Å². The van der Waals surface area contributed by atoms with E-state index in [0.717, 1.165) is 38.8 Å². The second kappa shape index (κ2) is 7.07. The highest BCUT2D eigenvalue weighted by Gasteiger charge is 2.28. The van der Waals surface area contributed by atoms with Crippen molar-refractivity contribution in [1.82, 2.24) is 24.5 Å². The van der Waals surface area contributed by atoms with Gasteiger partial charge in [-0.25, -0.2) is 4.98 Å². The summed E-state index contributed by atoms with van der Waals surface area (Å²) in [5.41, 5.74) is 1.02. The number of nitrogens with one attached hydrogen (secondary N) is 1. The van der Waals surface area contributed by atoms with Crippen LogP contribution < -0.4 is 5.32 Å². The number of fused-ring (bicyclic) bond motifs is 1. The molecule has 2 aliphatic rings. The molecule has 0 radical (unpaired) electrons. The zero-order valence-corrected chi connectivity index (χ0v) is 15.1. The number of piperazine rings is 1. The second-order valence-electron chi connectivity index (χ2n) is 7.29. The number of amides is 2. The molecule has 2 aromatic rings. The molecule has 1 aliphatic carbocycles. The van der Waals surface area contributed by atoms with E-state index in [4.69, 9.17) is 0 Å². The van der Waals surface area contributed by atoms with E-state index in [0.29, 0.717) is 30.1 Å². The minimum absolute atomic E-state index is 0.112. The number of carbonyl (C=O) groups excluding carboxylic acids is 2. The first-order valence-corrected chi connectivity index (χ1v) is 9.39. The van der Waals surface area contributed by atoms with Crippen molar-refractivity contribution in [3.05, 3.63) is 35.9 Å². The van der Waals surface area contributed by atoms with Crippen LogP contribution in [-0.2, 0) is 0 Å². The zero-order chi connectivity index (χ0) is 18.1. The molecule has 138 valence electrons. The van der Waals surface area contributed by atoms with Crippen molar-refractivity contribution < 1.29 is 9.59 Å². The predicted octanol–water partition coefficient (Wildman–Crippen LogP) is 1.39. The van der Waals surface area contributed by atoms with Gasteiger partial charge in [0.25, 0.3) is 11.8 Å². The van der Waals surface area contributed by atoms with Crippen molar-refractivity contribution in [3.8, 4) is 0 Å². The lowest BCUT2D eigenvalue weighted by Gasteiger charge is -2.31. The molecule has 0 unspecified atom stereocenters. The molecule has 1 saturated heterocycles. The maximum Gasteiger partial charge on any atom is 0.290 e. The molecule has 26 heavy (non-hydrogen) atoms. The van der Waals surface area contributed by atoms with E-state index >= 15 is 0 Å². The smallest absolute Gasteiger partial charge is 0.290 e. The monoisotopic (exact) mass is 355 g/mol. The van der Waals surface area contributed by atoms with E-state index in [2.05, 4.69) is 22.2 Å². The molecule has 0 aromatic carbocycles. The SMILES string of the molecule is CN1CCN(C(=O)c2nc(C(=O)NC3CCCC3)c3ccccn23)CC1. The lowest BCUT2D eigenvalue weighted by atomic mass is 10.2. The van der Waals surface area contributed by atoms with E-state index in [-0.39, 0.29) is 17.9 Å². The minimum Gasteiger partial charge on any atom is -0.348 e. The van der Waals surface area contributed by atoms with Gasteiger partial charge in [0.1, 0.15) is 0 Å². The molecule has 2 aromatic heterocycles. The number of likely N-dealkylation sites (N-methyl/N-ethyl adjacent to an activating group) is 1. The standard InChI is InChI=1S/C19H25N5O2/c1-22-10-12-23(13-11-22)19(26)17-21-16(15-8-4-5-9-24(15)17)18(25)20-14-6-2-3-7-14/h4-5,8-9,14H,2-3,6-7,10-13H2,1H3,(H,20,25). The summed E-state index contributed by atoms with van der Waals surface area (Å²) < 4.78 is 1.74. The zero-order valence-electron chi connectivity index (χ0n) is 15.1. The van der Waals surface area contributed by atoms with Crippen molar-refractivity contribution in [2.75, 3.05) is 33.2 Å². The number of imidazole rings is 1. The number of hydrogen-bond donors (Lipinski definition) is 1. The molecule has 1 N–H and O–H groups in total. The Hall–Kier alpha value is -2.41. The van der Waals surface area contributed by atoms with Crippen LogP contribution in [0.5, 0.6) is 0 Å². The highest BCUT2D eigenvalue weighted by atomic mass is 16.2. The number of carbonyl (C=O) groups is 2. The van der Waals surface area contributed by atoms with Crippen LogP contribution in [-0.4, -0.2) is 70.3 Å². The van der Waals surface area contributed by atoms with Gasteiger partial charge in [-0.3, -0.25) is 14.0 Å². The van der Waals surface area contributed by atoms with Gasteiger partial charge in [0.2, 0.25) is 5.82 Å². The van der Waals surface area contributed by atoms with Crippen LogP contribution in [0.4, 0.5) is 0 Å². The summed E-state index contributed by atoms with van der Waals surface area (Å²) in [6, 6.07) is 5.79. The van der Waals surface area contributed by atoms with E-state index in [9.17, 15) is 9.59 Å². The number of aromatic nitrogens is 2. The molecule has 7 heteroatoms. The van der Waals surface area contributed by atoms with Crippen LogP contribution in [0.1, 0.15) is 46.8 Å². The van der Waals surface area contributed by atoms with Gasteiger partial charge in [0, 0.05) is 38.4 Å². The van der Waals surface area contributed by atoms with Crippen molar-refractivity contribution in [1.29, 1.82) is 0 Å². The first-order valence-electron chi connectivity index (χ1n) is 9.39. The number of pyridine rings is 1. The van der Waals surface area contributed by atoms with Crippen LogP contribution in [0.2, 0.25) is 0 Å². The van der Waals surface area contributed by atoms with Gasteiger partial charge in [0.15, 0.2) is 5.69 Å². The fourth-order valence-corrected chi connectivity index (χ4v) is 3.83. The Kier molecular flexibility index (Phi) is 4.63. The van der Waals surface area contributed by atoms with Crippen LogP contribution in [0, 0.1) is 0 Å². The molecule has 1 saturated carbocycles. The summed E-state index contributed by atoms with van der Waals surface area (Å²) in [4.78, 5) is 34.2.